The van der Waals surface area contributed by atoms with Gasteiger partial charge in [-0.15, -0.1) is 0 Å². The first kappa shape index (κ1) is 26.8. The maximum absolute atomic E-state index is 14.0. The summed E-state index contributed by atoms with van der Waals surface area (Å²) in [5, 5.41) is 45.6. The number of aliphatic hydroxyl groups is 3. The molecule has 214 valence electrons. The largest absolute Gasteiger partial charge is 0.508 e. The van der Waals surface area contributed by atoms with Crippen LogP contribution in [0.5, 0.6) is 5.75 Å². The van der Waals surface area contributed by atoms with Gasteiger partial charge >= 0.3 is 0 Å². The molecule has 3 aliphatic carbocycles. The van der Waals surface area contributed by atoms with Gasteiger partial charge < -0.3 is 31.1 Å². The lowest BCUT2D eigenvalue weighted by Gasteiger charge is -2.50. The highest BCUT2D eigenvalue weighted by atomic mass is 16.3. The molecule has 2 heterocycles. The number of carbonyl (C=O) groups is 3. The number of Topliss-reactive ketones (excluding diaryl/α,β-unsaturated/α-hetero) is 2. The fraction of sp³-hybridized carbons (Fsp3) is 0.552. The zero-order valence-corrected chi connectivity index (χ0v) is 23.3. The van der Waals surface area contributed by atoms with Crippen LogP contribution in [0.3, 0.4) is 0 Å². The highest BCUT2D eigenvalue weighted by Crippen LogP contribution is 2.57. The number of likely N-dealkylation sites (N-methyl/N-ethyl adjacent to an activating group) is 1. The van der Waals surface area contributed by atoms with Crippen LogP contribution in [0.1, 0.15) is 42.5 Å². The van der Waals surface area contributed by atoms with Crippen LogP contribution in [-0.2, 0) is 20.8 Å². The molecule has 11 nitrogen and oxygen atoms in total. The van der Waals surface area contributed by atoms with Crippen molar-refractivity contribution in [1.29, 1.82) is 0 Å². The van der Waals surface area contributed by atoms with Crippen molar-refractivity contribution in [2.75, 3.05) is 39.6 Å². The van der Waals surface area contributed by atoms with E-state index in [1.807, 2.05) is 7.05 Å². The number of amides is 1. The molecule has 11 heteroatoms. The van der Waals surface area contributed by atoms with E-state index >= 15 is 0 Å². The predicted octanol–water partition coefficient (Wildman–Crippen LogP) is 0.795. The molecule has 3 unspecified atom stereocenters. The molecule has 6 N–H and O–H groups in total. The van der Waals surface area contributed by atoms with Crippen molar-refractivity contribution in [1.82, 2.24) is 9.80 Å². The maximum Gasteiger partial charge on any atom is 0.255 e. The summed E-state index contributed by atoms with van der Waals surface area (Å²) in [6, 6.07) is 1.04. The number of likely N-dealkylation sites (tertiary alicyclic amines) is 1. The van der Waals surface area contributed by atoms with Gasteiger partial charge in [0, 0.05) is 42.9 Å². The van der Waals surface area contributed by atoms with Crippen LogP contribution in [0, 0.1) is 17.8 Å². The zero-order chi connectivity index (χ0) is 29.2. The van der Waals surface area contributed by atoms with Crippen molar-refractivity contribution in [2.45, 2.75) is 49.9 Å². The van der Waals surface area contributed by atoms with Crippen LogP contribution < -0.4 is 10.6 Å². The number of benzene rings is 1. The molecule has 1 saturated heterocycles. The number of primary amides is 1. The first-order valence-corrected chi connectivity index (χ1v) is 13.7. The van der Waals surface area contributed by atoms with E-state index in [0.29, 0.717) is 12.0 Å². The Bertz CT molecular complexity index is 1450. The van der Waals surface area contributed by atoms with Crippen LogP contribution in [-0.4, -0.2) is 100 Å². The number of ketones is 2. The maximum atomic E-state index is 14.0. The van der Waals surface area contributed by atoms with Crippen LogP contribution in [0.4, 0.5) is 5.69 Å². The molecule has 2 aliphatic heterocycles. The van der Waals surface area contributed by atoms with Crippen molar-refractivity contribution in [2.24, 2.45) is 23.5 Å². The normalized spacial score (nSPS) is 35.4. The van der Waals surface area contributed by atoms with Gasteiger partial charge in [-0.2, -0.15) is 0 Å². The number of hydrogen-bond donors (Lipinski definition) is 5. The summed E-state index contributed by atoms with van der Waals surface area (Å²) in [6.45, 7) is 2.99. The Morgan fingerprint density at radius 3 is 2.45 bits per heavy atom. The summed E-state index contributed by atoms with van der Waals surface area (Å²) < 4.78 is 0. The lowest BCUT2D eigenvalue weighted by molar-refractivity contribution is -0.153. The predicted molar refractivity (Wildman–Crippen MR) is 146 cm³/mol. The molecular formula is C29H36N4O7. The number of aliphatic hydroxyl groups excluding tert-OH is 2. The standard InChI is InChI=1S/C29H36N4O7/c1-11-6-13-10-32(4)22-14-7-12-8-16-23(31(2)3)25(36)20(28(30)39)27(38)29(16,40)26(37)18(12)24(35)19(14)17(34)9-15(22)21(13)33(11)5/h9,11-13,16,21,23,34-35,38,40H,6-8,10H2,1-5H3,(H2,30,39)/t11?,12-,13?,16-,21?,23-,29+/m1/s1. The number of phenolic OH excluding ortho intramolecular Hbond substituents is 1. The minimum atomic E-state index is -2.64. The van der Waals surface area contributed by atoms with Crippen LogP contribution in [0.2, 0.25) is 0 Å². The Labute approximate surface area is 232 Å². The Morgan fingerprint density at radius 2 is 1.82 bits per heavy atom. The average molecular weight is 553 g/mol. The monoisotopic (exact) mass is 552 g/mol. The molecular weight excluding hydrogens is 516 g/mol. The minimum absolute atomic E-state index is 0.0723. The second-order valence-corrected chi connectivity index (χ2v) is 12.5. The lowest BCUT2D eigenvalue weighted by atomic mass is 9.57. The third kappa shape index (κ3) is 3.19. The highest BCUT2D eigenvalue weighted by molar-refractivity contribution is 6.24. The Balaban J connectivity index is 1.55. The van der Waals surface area contributed by atoms with Gasteiger partial charge in [-0.1, -0.05) is 0 Å². The van der Waals surface area contributed by atoms with E-state index in [1.54, 1.807) is 20.2 Å². The summed E-state index contributed by atoms with van der Waals surface area (Å²) >= 11 is 0. The molecule has 1 aromatic rings. The number of fused-ring (bicyclic) bond motifs is 7. The summed E-state index contributed by atoms with van der Waals surface area (Å²) in [5.74, 6) is -6.02. The topological polar surface area (TPSA) is 168 Å². The number of aromatic hydroxyl groups is 1. The second-order valence-electron chi connectivity index (χ2n) is 12.5. The van der Waals surface area contributed by atoms with Crippen molar-refractivity contribution in [3.05, 3.63) is 39.7 Å². The number of phenols is 1. The third-order valence-electron chi connectivity index (χ3n) is 10.2. The molecule has 2 fully saturated rings. The van der Waals surface area contributed by atoms with Crippen molar-refractivity contribution >= 4 is 28.9 Å². The lowest BCUT2D eigenvalue weighted by Crippen LogP contribution is -2.65. The molecule has 0 bridgehead atoms. The number of rotatable bonds is 2. The van der Waals surface area contributed by atoms with E-state index in [1.165, 1.54) is 4.90 Å². The second kappa shape index (κ2) is 8.55. The molecule has 1 aromatic carbocycles. The smallest absolute Gasteiger partial charge is 0.255 e. The molecule has 1 amide bonds. The van der Waals surface area contributed by atoms with Gasteiger partial charge in [0.05, 0.1) is 11.6 Å². The van der Waals surface area contributed by atoms with E-state index in [4.69, 9.17) is 5.73 Å². The van der Waals surface area contributed by atoms with E-state index in [-0.39, 0.29) is 35.8 Å². The number of nitrogens with two attached hydrogens (primary N) is 1. The van der Waals surface area contributed by atoms with Gasteiger partial charge in [0.2, 0.25) is 5.78 Å². The van der Waals surface area contributed by atoms with E-state index in [2.05, 4.69) is 23.8 Å². The summed E-state index contributed by atoms with van der Waals surface area (Å²) in [6.07, 6.45) is 1.38. The molecule has 0 radical (unpaired) electrons. The number of hydrogen-bond acceptors (Lipinski definition) is 10. The Kier molecular flexibility index (Phi) is 5.72. The minimum Gasteiger partial charge on any atom is -0.508 e. The Hall–Kier alpha value is -3.41. The summed E-state index contributed by atoms with van der Waals surface area (Å²) in [5.41, 5.74) is 4.54. The molecule has 0 aromatic heterocycles. The van der Waals surface area contributed by atoms with E-state index in [0.717, 1.165) is 29.8 Å². The van der Waals surface area contributed by atoms with Crippen LogP contribution in [0.15, 0.2) is 23.0 Å². The molecule has 1 saturated carbocycles. The quantitative estimate of drug-likeness (QED) is 0.331. The number of carbonyl (C=O) groups excluding carboxylic acids is 3. The number of nitrogens with zero attached hydrogens (tertiary/aromatic N) is 3. The molecule has 5 aliphatic rings. The summed E-state index contributed by atoms with van der Waals surface area (Å²) in [4.78, 5) is 45.5. The van der Waals surface area contributed by atoms with Gasteiger partial charge in [0.15, 0.2) is 11.4 Å². The fourth-order valence-corrected chi connectivity index (χ4v) is 8.44. The fourth-order valence-electron chi connectivity index (χ4n) is 8.44. The SMILES string of the molecule is CC1CC2CN(C)c3c(cc(O)c4c3C[C@@H]3C[C@@H]5[C@@H](N(C)C)C(=O)C(C(N)=O)=C(O)[C@@]5(O)C(=O)C3=C4O)C2N1C. The molecule has 7 atom stereocenters. The van der Waals surface area contributed by atoms with Crippen molar-refractivity contribution < 1.29 is 34.8 Å². The van der Waals surface area contributed by atoms with Gasteiger partial charge in [0.25, 0.3) is 5.91 Å². The van der Waals surface area contributed by atoms with Gasteiger partial charge in [0.1, 0.15) is 22.8 Å². The van der Waals surface area contributed by atoms with Gasteiger partial charge in [-0.05, 0) is 76.4 Å². The first-order chi connectivity index (χ1) is 18.7. The van der Waals surface area contributed by atoms with Crippen molar-refractivity contribution in [3.8, 4) is 5.75 Å². The van der Waals surface area contributed by atoms with Gasteiger partial charge in [-0.3, -0.25) is 24.2 Å². The van der Waals surface area contributed by atoms with Gasteiger partial charge in [-0.25, -0.2) is 0 Å². The molecule has 6 rings (SSSR count). The third-order valence-corrected chi connectivity index (χ3v) is 10.2. The van der Waals surface area contributed by atoms with E-state index in [9.17, 15) is 34.8 Å². The number of anilines is 1. The summed E-state index contributed by atoms with van der Waals surface area (Å²) in [7, 11) is 7.25. The zero-order valence-electron chi connectivity index (χ0n) is 23.3. The first-order valence-electron chi connectivity index (χ1n) is 13.7. The average Bonchev–Trinajstić information content (AvgIpc) is 3.13. The molecule has 0 spiro atoms. The Morgan fingerprint density at radius 1 is 1.15 bits per heavy atom. The molecule has 40 heavy (non-hydrogen) atoms. The van der Waals surface area contributed by atoms with Crippen LogP contribution >= 0.6 is 0 Å². The van der Waals surface area contributed by atoms with Crippen molar-refractivity contribution in [3.63, 3.8) is 0 Å². The highest BCUT2D eigenvalue weighted by Gasteiger charge is 2.64. The van der Waals surface area contributed by atoms with Crippen LogP contribution in [0.25, 0.3) is 5.76 Å². The van der Waals surface area contributed by atoms with E-state index < -0.39 is 58.0 Å².